The SMILES string of the molecule is CNCc1ccc(OC2CCC(C)CC2)c(OC)c1. The second-order valence-electron chi connectivity index (χ2n) is 5.52. The molecule has 1 N–H and O–H groups in total. The molecule has 3 nitrogen and oxygen atoms in total. The van der Waals surface area contributed by atoms with Gasteiger partial charge in [-0.05, 0) is 56.3 Å². The standard InChI is InChI=1S/C16H25NO2/c1-12-4-7-14(8-5-12)19-15-9-6-13(11-17-2)10-16(15)18-3/h6,9-10,12,14,17H,4-5,7-8,11H2,1-3H3. The maximum Gasteiger partial charge on any atom is 0.161 e. The number of hydrogen-bond donors (Lipinski definition) is 1. The molecule has 0 heterocycles. The van der Waals surface area contributed by atoms with Gasteiger partial charge in [0.2, 0.25) is 0 Å². The maximum atomic E-state index is 6.11. The highest BCUT2D eigenvalue weighted by atomic mass is 16.5. The normalized spacial score (nSPS) is 23.1. The molecule has 19 heavy (non-hydrogen) atoms. The molecule has 1 aromatic rings. The lowest BCUT2D eigenvalue weighted by Gasteiger charge is -2.27. The van der Waals surface area contributed by atoms with Crippen molar-refractivity contribution in [1.82, 2.24) is 5.32 Å². The van der Waals surface area contributed by atoms with Crippen molar-refractivity contribution < 1.29 is 9.47 Å². The Morgan fingerprint density at radius 3 is 2.53 bits per heavy atom. The average molecular weight is 263 g/mol. The number of benzene rings is 1. The van der Waals surface area contributed by atoms with Crippen molar-refractivity contribution in [2.75, 3.05) is 14.2 Å². The van der Waals surface area contributed by atoms with E-state index in [0.717, 1.165) is 36.8 Å². The Kier molecular flexibility index (Phi) is 5.08. The Labute approximate surface area is 116 Å². The van der Waals surface area contributed by atoms with E-state index in [2.05, 4.69) is 24.4 Å². The molecule has 2 rings (SSSR count). The molecule has 1 aliphatic rings. The highest BCUT2D eigenvalue weighted by molar-refractivity contribution is 5.43. The molecule has 0 amide bonds. The number of rotatable bonds is 5. The van der Waals surface area contributed by atoms with Gasteiger partial charge in [0.25, 0.3) is 0 Å². The van der Waals surface area contributed by atoms with Gasteiger partial charge >= 0.3 is 0 Å². The van der Waals surface area contributed by atoms with Gasteiger partial charge in [-0.1, -0.05) is 13.0 Å². The molecule has 0 spiro atoms. The van der Waals surface area contributed by atoms with E-state index in [0.29, 0.717) is 6.10 Å². The van der Waals surface area contributed by atoms with Crippen LogP contribution in [-0.4, -0.2) is 20.3 Å². The minimum Gasteiger partial charge on any atom is -0.493 e. The molecule has 0 bridgehead atoms. The highest BCUT2D eigenvalue weighted by Crippen LogP contribution is 2.33. The third-order valence-corrected chi connectivity index (χ3v) is 3.87. The first-order chi connectivity index (χ1) is 9.22. The van der Waals surface area contributed by atoms with E-state index in [1.165, 1.54) is 18.4 Å². The van der Waals surface area contributed by atoms with E-state index in [-0.39, 0.29) is 0 Å². The van der Waals surface area contributed by atoms with Crippen molar-refractivity contribution in [1.29, 1.82) is 0 Å². The van der Waals surface area contributed by atoms with E-state index >= 15 is 0 Å². The van der Waals surface area contributed by atoms with E-state index in [9.17, 15) is 0 Å². The van der Waals surface area contributed by atoms with Gasteiger partial charge < -0.3 is 14.8 Å². The van der Waals surface area contributed by atoms with Crippen LogP contribution < -0.4 is 14.8 Å². The monoisotopic (exact) mass is 263 g/mol. The van der Waals surface area contributed by atoms with Crippen molar-refractivity contribution in [3.63, 3.8) is 0 Å². The fourth-order valence-corrected chi connectivity index (χ4v) is 2.65. The van der Waals surface area contributed by atoms with Gasteiger partial charge in [-0.2, -0.15) is 0 Å². The Balaban J connectivity index is 2.03. The van der Waals surface area contributed by atoms with Gasteiger partial charge in [0.05, 0.1) is 13.2 Å². The van der Waals surface area contributed by atoms with E-state index in [1.54, 1.807) is 7.11 Å². The summed E-state index contributed by atoms with van der Waals surface area (Å²) in [6.07, 6.45) is 5.20. The number of ether oxygens (including phenoxy) is 2. The summed E-state index contributed by atoms with van der Waals surface area (Å²) in [5.41, 5.74) is 1.21. The van der Waals surface area contributed by atoms with Gasteiger partial charge in [0.15, 0.2) is 11.5 Å². The third kappa shape index (κ3) is 3.87. The van der Waals surface area contributed by atoms with E-state index < -0.39 is 0 Å². The quantitative estimate of drug-likeness (QED) is 0.883. The van der Waals surface area contributed by atoms with Gasteiger partial charge in [0, 0.05) is 6.54 Å². The largest absolute Gasteiger partial charge is 0.493 e. The summed E-state index contributed by atoms with van der Waals surface area (Å²) < 4.78 is 11.6. The van der Waals surface area contributed by atoms with Crippen molar-refractivity contribution in [3.8, 4) is 11.5 Å². The highest BCUT2D eigenvalue weighted by Gasteiger charge is 2.20. The first kappa shape index (κ1) is 14.2. The molecular formula is C16H25NO2. The third-order valence-electron chi connectivity index (χ3n) is 3.87. The second-order valence-corrected chi connectivity index (χ2v) is 5.52. The lowest BCUT2D eigenvalue weighted by atomic mass is 9.89. The summed E-state index contributed by atoms with van der Waals surface area (Å²) in [6.45, 7) is 3.17. The summed E-state index contributed by atoms with van der Waals surface area (Å²) in [5.74, 6) is 2.56. The van der Waals surface area contributed by atoms with Crippen molar-refractivity contribution in [2.45, 2.75) is 45.3 Å². The van der Waals surface area contributed by atoms with Crippen LogP contribution in [0.1, 0.15) is 38.2 Å². The second kappa shape index (κ2) is 6.80. The topological polar surface area (TPSA) is 30.5 Å². The van der Waals surface area contributed by atoms with Gasteiger partial charge in [0.1, 0.15) is 0 Å². The number of methoxy groups -OCH3 is 1. The Hall–Kier alpha value is -1.22. The molecular weight excluding hydrogens is 238 g/mol. The molecule has 1 aromatic carbocycles. The van der Waals surface area contributed by atoms with Crippen LogP contribution >= 0.6 is 0 Å². The Morgan fingerprint density at radius 2 is 1.89 bits per heavy atom. The van der Waals surface area contributed by atoms with Crippen LogP contribution in [0.4, 0.5) is 0 Å². The average Bonchev–Trinajstić information content (AvgIpc) is 2.43. The summed E-state index contributed by atoms with van der Waals surface area (Å²) >= 11 is 0. The molecule has 1 aliphatic carbocycles. The van der Waals surface area contributed by atoms with Crippen molar-refractivity contribution in [3.05, 3.63) is 23.8 Å². The molecule has 0 aliphatic heterocycles. The molecule has 0 aromatic heterocycles. The minimum atomic E-state index is 0.347. The van der Waals surface area contributed by atoms with Crippen LogP contribution in [-0.2, 0) is 6.54 Å². The molecule has 0 radical (unpaired) electrons. The van der Waals surface area contributed by atoms with E-state index in [1.807, 2.05) is 13.1 Å². The molecule has 0 saturated heterocycles. The predicted octanol–water partition coefficient (Wildman–Crippen LogP) is 3.37. The summed E-state index contributed by atoms with van der Waals surface area (Å²) in [5, 5.41) is 3.14. The smallest absolute Gasteiger partial charge is 0.161 e. The lowest BCUT2D eigenvalue weighted by Crippen LogP contribution is -2.23. The van der Waals surface area contributed by atoms with Crippen LogP contribution in [0.15, 0.2) is 18.2 Å². The predicted molar refractivity (Wildman–Crippen MR) is 77.8 cm³/mol. The van der Waals surface area contributed by atoms with Crippen LogP contribution in [0, 0.1) is 5.92 Å². The zero-order chi connectivity index (χ0) is 13.7. The number of hydrogen-bond acceptors (Lipinski definition) is 3. The van der Waals surface area contributed by atoms with Gasteiger partial charge in [-0.25, -0.2) is 0 Å². The fraction of sp³-hybridized carbons (Fsp3) is 0.625. The molecule has 0 unspecified atom stereocenters. The molecule has 3 heteroatoms. The van der Waals surface area contributed by atoms with Gasteiger partial charge in [-0.15, -0.1) is 0 Å². The van der Waals surface area contributed by atoms with Crippen LogP contribution in [0.5, 0.6) is 11.5 Å². The van der Waals surface area contributed by atoms with Crippen LogP contribution in [0.25, 0.3) is 0 Å². The van der Waals surface area contributed by atoms with Crippen molar-refractivity contribution in [2.24, 2.45) is 5.92 Å². The maximum absolute atomic E-state index is 6.11. The Morgan fingerprint density at radius 1 is 1.16 bits per heavy atom. The molecule has 0 atom stereocenters. The summed E-state index contributed by atoms with van der Waals surface area (Å²) in [4.78, 5) is 0. The summed E-state index contributed by atoms with van der Waals surface area (Å²) in [6, 6.07) is 6.18. The van der Waals surface area contributed by atoms with Gasteiger partial charge in [-0.3, -0.25) is 0 Å². The molecule has 106 valence electrons. The molecule has 1 fully saturated rings. The zero-order valence-electron chi connectivity index (χ0n) is 12.2. The number of nitrogens with one attached hydrogen (secondary N) is 1. The Bertz CT molecular complexity index is 398. The van der Waals surface area contributed by atoms with Crippen LogP contribution in [0.2, 0.25) is 0 Å². The van der Waals surface area contributed by atoms with Crippen molar-refractivity contribution >= 4 is 0 Å². The first-order valence-corrected chi connectivity index (χ1v) is 7.21. The fourth-order valence-electron chi connectivity index (χ4n) is 2.65. The molecule has 1 saturated carbocycles. The first-order valence-electron chi connectivity index (χ1n) is 7.21. The lowest BCUT2D eigenvalue weighted by molar-refractivity contribution is 0.131. The minimum absolute atomic E-state index is 0.347. The zero-order valence-corrected chi connectivity index (χ0v) is 12.2. The van der Waals surface area contributed by atoms with E-state index in [4.69, 9.17) is 9.47 Å². The summed E-state index contributed by atoms with van der Waals surface area (Å²) in [7, 11) is 3.65. The van der Waals surface area contributed by atoms with Crippen LogP contribution in [0.3, 0.4) is 0 Å².